The number of aromatic nitrogens is 2. The Bertz CT molecular complexity index is 670. The first kappa shape index (κ1) is 13.6. The molecule has 2 aliphatic carbocycles. The lowest BCUT2D eigenvalue weighted by Gasteiger charge is -2.19. The first-order chi connectivity index (χ1) is 10.2. The Labute approximate surface area is 133 Å². The zero-order valence-corrected chi connectivity index (χ0v) is 13.1. The smallest absolute Gasteiger partial charge is 0.227 e. The molecule has 0 aliphatic heterocycles. The summed E-state index contributed by atoms with van der Waals surface area (Å²) in [5.41, 5.74) is 0.768. The number of hydrogen-bond acceptors (Lipinski definition) is 3. The molecule has 1 aromatic heterocycles. The van der Waals surface area contributed by atoms with Gasteiger partial charge in [0.1, 0.15) is 0 Å². The summed E-state index contributed by atoms with van der Waals surface area (Å²) in [6.45, 7) is 0. The summed E-state index contributed by atoms with van der Waals surface area (Å²) >= 11 is 12.1. The van der Waals surface area contributed by atoms with Gasteiger partial charge in [0.2, 0.25) is 11.7 Å². The van der Waals surface area contributed by atoms with Crippen molar-refractivity contribution in [1.82, 2.24) is 10.1 Å². The number of rotatable bonds is 3. The van der Waals surface area contributed by atoms with Crippen molar-refractivity contribution < 1.29 is 4.52 Å². The summed E-state index contributed by atoms with van der Waals surface area (Å²) in [4.78, 5) is 4.51. The van der Waals surface area contributed by atoms with Gasteiger partial charge in [-0.15, -0.1) is 0 Å². The van der Waals surface area contributed by atoms with Crippen molar-refractivity contribution in [3.8, 4) is 11.4 Å². The lowest BCUT2D eigenvalue weighted by Crippen LogP contribution is -2.13. The molecule has 5 heteroatoms. The van der Waals surface area contributed by atoms with Gasteiger partial charge >= 0.3 is 0 Å². The normalized spacial score (nSPS) is 27.4. The molecule has 0 N–H and O–H groups in total. The van der Waals surface area contributed by atoms with Crippen LogP contribution in [0.2, 0.25) is 10.0 Å². The van der Waals surface area contributed by atoms with Crippen LogP contribution in [0.25, 0.3) is 11.4 Å². The van der Waals surface area contributed by atoms with Gasteiger partial charge in [-0.25, -0.2) is 0 Å². The monoisotopic (exact) mass is 322 g/mol. The molecule has 0 saturated heterocycles. The number of hydrogen-bond donors (Lipinski definition) is 0. The third-order valence-corrected chi connectivity index (χ3v) is 5.51. The van der Waals surface area contributed by atoms with Crippen molar-refractivity contribution in [2.24, 2.45) is 17.8 Å². The molecule has 3 atom stereocenters. The zero-order chi connectivity index (χ0) is 14.4. The van der Waals surface area contributed by atoms with Gasteiger partial charge in [0.25, 0.3) is 0 Å². The second-order valence-electron chi connectivity index (χ2n) is 6.27. The average molecular weight is 323 g/mol. The summed E-state index contributed by atoms with van der Waals surface area (Å²) in [6, 6.07) is 5.32. The Morgan fingerprint density at radius 1 is 1.19 bits per heavy atom. The molecule has 2 saturated carbocycles. The predicted molar refractivity (Wildman–Crippen MR) is 82.4 cm³/mol. The van der Waals surface area contributed by atoms with Crippen LogP contribution in [0.4, 0.5) is 0 Å². The van der Waals surface area contributed by atoms with Crippen LogP contribution in [-0.4, -0.2) is 10.1 Å². The van der Waals surface area contributed by atoms with Crippen molar-refractivity contribution >= 4 is 23.2 Å². The SMILES string of the molecule is Clc1ccc(-c2noc(CC3CC4CCC3C4)n2)c(Cl)c1. The molecule has 0 radical (unpaired) electrons. The summed E-state index contributed by atoms with van der Waals surface area (Å²) in [7, 11) is 0. The van der Waals surface area contributed by atoms with Gasteiger partial charge in [0.15, 0.2) is 0 Å². The van der Waals surface area contributed by atoms with E-state index in [0.717, 1.165) is 35.6 Å². The van der Waals surface area contributed by atoms with E-state index in [0.29, 0.717) is 15.9 Å². The summed E-state index contributed by atoms with van der Waals surface area (Å²) < 4.78 is 5.42. The van der Waals surface area contributed by atoms with Crippen LogP contribution in [0.3, 0.4) is 0 Å². The Hall–Kier alpha value is -1.06. The molecule has 2 bridgehead atoms. The molecule has 2 aliphatic rings. The second-order valence-corrected chi connectivity index (χ2v) is 7.12. The van der Waals surface area contributed by atoms with E-state index in [1.165, 1.54) is 25.7 Å². The molecule has 1 heterocycles. The van der Waals surface area contributed by atoms with E-state index in [-0.39, 0.29) is 0 Å². The van der Waals surface area contributed by atoms with Crippen molar-refractivity contribution in [3.05, 3.63) is 34.1 Å². The Morgan fingerprint density at radius 2 is 2.10 bits per heavy atom. The molecular formula is C16H16Cl2N2O. The third kappa shape index (κ3) is 2.58. The van der Waals surface area contributed by atoms with Crippen molar-refractivity contribution in [2.75, 3.05) is 0 Å². The van der Waals surface area contributed by atoms with Crippen molar-refractivity contribution in [2.45, 2.75) is 32.1 Å². The summed E-state index contributed by atoms with van der Waals surface area (Å²) in [5, 5.41) is 5.22. The molecular weight excluding hydrogens is 307 g/mol. The lowest BCUT2D eigenvalue weighted by atomic mass is 9.86. The van der Waals surface area contributed by atoms with E-state index in [4.69, 9.17) is 27.7 Å². The fourth-order valence-electron chi connectivity index (χ4n) is 3.97. The minimum atomic E-state index is 0.551. The van der Waals surface area contributed by atoms with Gasteiger partial charge in [-0.05, 0) is 55.2 Å². The maximum Gasteiger partial charge on any atom is 0.227 e. The van der Waals surface area contributed by atoms with Gasteiger partial charge in [0, 0.05) is 17.0 Å². The van der Waals surface area contributed by atoms with Crippen molar-refractivity contribution in [1.29, 1.82) is 0 Å². The van der Waals surface area contributed by atoms with Crippen LogP contribution >= 0.6 is 23.2 Å². The largest absolute Gasteiger partial charge is 0.339 e. The third-order valence-electron chi connectivity index (χ3n) is 4.96. The Kier molecular flexibility index (Phi) is 3.43. The van der Waals surface area contributed by atoms with Gasteiger partial charge in [-0.3, -0.25) is 0 Å². The number of fused-ring (bicyclic) bond motifs is 2. The van der Waals surface area contributed by atoms with Crippen LogP contribution in [0.1, 0.15) is 31.6 Å². The fraction of sp³-hybridized carbons (Fsp3) is 0.500. The highest BCUT2D eigenvalue weighted by Crippen LogP contribution is 2.49. The molecule has 4 rings (SSSR count). The highest BCUT2D eigenvalue weighted by molar-refractivity contribution is 6.36. The molecule has 0 spiro atoms. The molecule has 3 nitrogen and oxygen atoms in total. The van der Waals surface area contributed by atoms with E-state index in [9.17, 15) is 0 Å². The number of nitrogens with zero attached hydrogens (tertiary/aromatic N) is 2. The van der Waals surface area contributed by atoms with Crippen LogP contribution in [0.5, 0.6) is 0 Å². The predicted octanol–water partition coefficient (Wildman–Crippen LogP) is 5.02. The van der Waals surface area contributed by atoms with E-state index < -0.39 is 0 Å². The topological polar surface area (TPSA) is 38.9 Å². The van der Waals surface area contributed by atoms with Crippen molar-refractivity contribution in [3.63, 3.8) is 0 Å². The molecule has 1 aromatic carbocycles. The molecule has 110 valence electrons. The Morgan fingerprint density at radius 3 is 2.81 bits per heavy atom. The van der Waals surface area contributed by atoms with E-state index in [2.05, 4.69) is 10.1 Å². The molecule has 2 fully saturated rings. The van der Waals surface area contributed by atoms with E-state index in [1.807, 2.05) is 6.07 Å². The molecule has 21 heavy (non-hydrogen) atoms. The maximum absolute atomic E-state index is 6.19. The highest BCUT2D eigenvalue weighted by Gasteiger charge is 2.40. The van der Waals surface area contributed by atoms with Crippen LogP contribution in [-0.2, 0) is 6.42 Å². The van der Waals surface area contributed by atoms with Gasteiger partial charge in [-0.1, -0.05) is 34.8 Å². The lowest BCUT2D eigenvalue weighted by molar-refractivity contribution is 0.288. The summed E-state index contributed by atoms with van der Waals surface area (Å²) in [6.07, 6.45) is 6.41. The van der Waals surface area contributed by atoms with Gasteiger partial charge < -0.3 is 4.52 Å². The van der Waals surface area contributed by atoms with E-state index in [1.54, 1.807) is 12.1 Å². The van der Waals surface area contributed by atoms with Crippen LogP contribution < -0.4 is 0 Å². The average Bonchev–Trinajstić information content (AvgIpc) is 3.15. The second kappa shape index (κ2) is 5.29. The van der Waals surface area contributed by atoms with Crippen LogP contribution in [0, 0.1) is 17.8 Å². The minimum absolute atomic E-state index is 0.551. The fourth-order valence-corrected chi connectivity index (χ4v) is 4.46. The summed E-state index contributed by atoms with van der Waals surface area (Å²) in [5.74, 6) is 3.80. The highest BCUT2D eigenvalue weighted by atomic mass is 35.5. The van der Waals surface area contributed by atoms with E-state index >= 15 is 0 Å². The first-order valence-electron chi connectivity index (χ1n) is 7.47. The van der Waals surface area contributed by atoms with Crippen LogP contribution in [0.15, 0.2) is 22.7 Å². The standard InChI is InChI=1S/C16H16Cl2N2O/c17-12-3-4-13(14(18)8-12)16-19-15(21-20-16)7-11-6-9-1-2-10(11)5-9/h3-4,8-11H,1-2,5-7H2. The van der Waals surface area contributed by atoms with Gasteiger partial charge in [0.05, 0.1) is 5.02 Å². The van der Waals surface area contributed by atoms with Gasteiger partial charge in [-0.2, -0.15) is 4.98 Å². The number of halogens is 2. The Balaban J connectivity index is 1.53. The maximum atomic E-state index is 6.19. The molecule has 2 aromatic rings. The molecule has 0 amide bonds. The minimum Gasteiger partial charge on any atom is -0.339 e. The first-order valence-corrected chi connectivity index (χ1v) is 8.22. The molecule has 3 unspecified atom stereocenters. The zero-order valence-electron chi connectivity index (χ0n) is 11.6. The quantitative estimate of drug-likeness (QED) is 0.796. The number of benzene rings is 1.